The molecule has 0 fully saturated rings. The van der Waals surface area contributed by atoms with Gasteiger partial charge >= 0.3 is 5.97 Å². The molecule has 0 spiro atoms. The minimum absolute atomic E-state index is 0.0111. The van der Waals surface area contributed by atoms with Crippen LogP contribution in [0.2, 0.25) is 0 Å². The first-order chi connectivity index (χ1) is 11.8. The third-order valence-corrected chi connectivity index (χ3v) is 6.10. The van der Waals surface area contributed by atoms with Crippen molar-refractivity contribution < 1.29 is 18.3 Å². The van der Waals surface area contributed by atoms with Crippen molar-refractivity contribution in [2.75, 3.05) is 11.4 Å². The Balaban J connectivity index is 2.09. The van der Waals surface area contributed by atoms with Crippen molar-refractivity contribution in [2.45, 2.75) is 11.8 Å². The maximum atomic E-state index is 13.0. The van der Waals surface area contributed by atoms with Crippen molar-refractivity contribution in [3.8, 4) is 0 Å². The van der Waals surface area contributed by atoms with Crippen LogP contribution in [0.25, 0.3) is 10.8 Å². The highest BCUT2D eigenvalue weighted by Crippen LogP contribution is 2.28. The molecule has 3 aromatic carbocycles. The molecule has 0 aromatic heterocycles. The number of carboxylic acids is 1. The van der Waals surface area contributed by atoms with Crippen LogP contribution in [-0.4, -0.2) is 26.5 Å². The SMILES string of the molecule is Cc1ccc(C(=O)O)cc1S(=O)(=O)N(C)c1ccc2ccccc2c1. The smallest absolute Gasteiger partial charge is 0.335 e. The first kappa shape index (κ1) is 17.0. The molecular formula is C19H17NO4S. The molecule has 3 aromatic rings. The molecule has 5 nitrogen and oxygen atoms in total. The van der Waals surface area contributed by atoms with E-state index in [-0.39, 0.29) is 10.5 Å². The molecule has 0 heterocycles. The fraction of sp³-hybridized carbons (Fsp3) is 0.105. The van der Waals surface area contributed by atoms with E-state index in [4.69, 9.17) is 5.11 Å². The number of hydrogen-bond donors (Lipinski definition) is 1. The molecule has 0 saturated carbocycles. The monoisotopic (exact) mass is 355 g/mol. The average molecular weight is 355 g/mol. The molecule has 0 atom stereocenters. The summed E-state index contributed by atoms with van der Waals surface area (Å²) in [7, 11) is -2.41. The average Bonchev–Trinajstić information content (AvgIpc) is 2.60. The largest absolute Gasteiger partial charge is 0.478 e. The molecule has 25 heavy (non-hydrogen) atoms. The van der Waals surface area contributed by atoms with E-state index in [0.717, 1.165) is 10.8 Å². The standard InChI is InChI=1S/C19H17NO4S/c1-13-7-8-16(19(21)22)12-18(13)25(23,24)20(2)17-10-9-14-5-3-4-6-15(14)11-17/h3-12H,1-2H3,(H,21,22). The van der Waals surface area contributed by atoms with Gasteiger partial charge in [-0.15, -0.1) is 0 Å². The molecule has 0 unspecified atom stereocenters. The highest BCUT2D eigenvalue weighted by Gasteiger charge is 2.24. The highest BCUT2D eigenvalue weighted by atomic mass is 32.2. The van der Waals surface area contributed by atoms with E-state index >= 15 is 0 Å². The quantitative estimate of drug-likeness (QED) is 0.775. The van der Waals surface area contributed by atoms with Crippen molar-refractivity contribution in [3.63, 3.8) is 0 Å². The summed E-state index contributed by atoms with van der Waals surface area (Å²) >= 11 is 0. The summed E-state index contributed by atoms with van der Waals surface area (Å²) in [5, 5.41) is 11.1. The topological polar surface area (TPSA) is 74.7 Å². The number of hydrogen-bond acceptors (Lipinski definition) is 3. The van der Waals surface area contributed by atoms with Gasteiger partial charge in [0, 0.05) is 7.05 Å². The molecule has 0 aliphatic rings. The number of aryl methyl sites for hydroxylation is 1. The molecule has 6 heteroatoms. The summed E-state index contributed by atoms with van der Waals surface area (Å²) in [6, 6.07) is 17.2. The summed E-state index contributed by atoms with van der Waals surface area (Å²) in [5.74, 6) is -1.16. The van der Waals surface area contributed by atoms with E-state index in [1.54, 1.807) is 19.1 Å². The summed E-state index contributed by atoms with van der Waals surface area (Å²) in [5.41, 5.74) is 0.951. The van der Waals surface area contributed by atoms with Crippen LogP contribution in [0.1, 0.15) is 15.9 Å². The lowest BCUT2D eigenvalue weighted by atomic mass is 10.1. The number of nitrogens with zero attached hydrogens (tertiary/aromatic N) is 1. The molecule has 0 bridgehead atoms. The zero-order chi connectivity index (χ0) is 18.2. The third kappa shape index (κ3) is 3.08. The van der Waals surface area contributed by atoms with Crippen LogP contribution in [-0.2, 0) is 10.0 Å². The van der Waals surface area contributed by atoms with Crippen molar-refractivity contribution in [1.82, 2.24) is 0 Å². The van der Waals surface area contributed by atoms with Gasteiger partial charge in [0.2, 0.25) is 0 Å². The second kappa shape index (κ2) is 6.22. The zero-order valence-electron chi connectivity index (χ0n) is 13.8. The van der Waals surface area contributed by atoms with E-state index in [2.05, 4.69) is 0 Å². The molecule has 3 rings (SSSR count). The van der Waals surface area contributed by atoms with Gasteiger partial charge in [0.05, 0.1) is 16.1 Å². The summed E-state index contributed by atoms with van der Waals surface area (Å²) in [6.07, 6.45) is 0. The number of fused-ring (bicyclic) bond motifs is 1. The first-order valence-electron chi connectivity index (χ1n) is 7.62. The molecule has 0 aliphatic carbocycles. The molecule has 128 valence electrons. The van der Waals surface area contributed by atoms with E-state index < -0.39 is 16.0 Å². The Labute approximate surface area is 146 Å². The van der Waals surface area contributed by atoms with Gasteiger partial charge in [0.25, 0.3) is 10.0 Å². The van der Waals surface area contributed by atoms with Crippen molar-refractivity contribution in [3.05, 3.63) is 71.8 Å². The molecule has 0 amide bonds. The van der Waals surface area contributed by atoms with Crippen LogP contribution in [0.15, 0.2) is 65.6 Å². The Morgan fingerprint density at radius 1 is 0.960 bits per heavy atom. The van der Waals surface area contributed by atoms with E-state index in [9.17, 15) is 13.2 Å². The summed E-state index contributed by atoms with van der Waals surface area (Å²) in [6.45, 7) is 1.65. The number of benzene rings is 3. The minimum Gasteiger partial charge on any atom is -0.478 e. The molecule has 1 N–H and O–H groups in total. The molecule has 0 saturated heterocycles. The van der Waals surface area contributed by atoms with Crippen LogP contribution in [0, 0.1) is 6.92 Å². The lowest BCUT2D eigenvalue weighted by molar-refractivity contribution is 0.0696. The predicted molar refractivity (Wildman–Crippen MR) is 97.7 cm³/mol. The van der Waals surface area contributed by atoms with Crippen LogP contribution < -0.4 is 4.31 Å². The zero-order valence-corrected chi connectivity index (χ0v) is 14.6. The van der Waals surface area contributed by atoms with Gasteiger partial charge in [0.15, 0.2) is 0 Å². The first-order valence-corrected chi connectivity index (χ1v) is 9.06. The van der Waals surface area contributed by atoms with Crippen LogP contribution in [0.3, 0.4) is 0 Å². The lowest BCUT2D eigenvalue weighted by Gasteiger charge is -2.21. The Morgan fingerprint density at radius 3 is 2.32 bits per heavy atom. The van der Waals surface area contributed by atoms with Crippen LogP contribution in [0.4, 0.5) is 5.69 Å². The molecule has 0 radical (unpaired) electrons. The van der Waals surface area contributed by atoms with E-state index in [0.29, 0.717) is 11.3 Å². The number of carbonyl (C=O) groups is 1. The van der Waals surface area contributed by atoms with Crippen molar-refractivity contribution >= 4 is 32.5 Å². The molecule has 0 aliphatic heterocycles. The van der Waals surface area contributed by atoms with E-state index in [1.807, 2.05) is 30.3 Å². The van der Waals surface area contributed by atoms with Crippen molar-refractivity contribution in [1.29, 1.82) is 0 Å². The number of aromatic carboxylic acids is 1. The summed E-state index contributed by atoms with van der Waals surface area (Å²) in [4.78, 5) is 11.2. The van der Waals surface area contributed by atoms with Gasteiger partial charge < -0.3 is 5.11 Å². The van der Waals surface area contributed by atoms with Gasteiger partial charge in [0.1, 0.15) is 0 Å². The Kier molecular flexibility index (Phi) is 4.22. The second-order valence-corrected chi connectivity index (χ2v) is 7.73. The number of anilines is 1. The van der Waals surface area contributed by atoms with Crippen LogP contribution in [0.5, 0.6) is 0 Å². The van der Waals surface area contributed by atoms with Gasteiger partial charge in [-0.3, -0.25) is 4.31 Å². The fourth-order valence-electron chi connectivity index (χ4n) is 2.67. The van der Waals surface area contributed by atoms with Crippen molar-refractivity contribution in [2.24, 2.45) is 0 Å². The Bertz CT molecular complexity index is 1070. The number of rotatable bonds is 4. The third-order valence-electron chi connectivity index (χ3n) is 4.17. The number of carboxylic acid groups (broad SMARTS) is 1. The molecular weight excluding hydrogens is 338 g/mol. The van der Waals surface area contributed by atoms with Gasteiger partial charge in [-0.05, 0) is 47.5 Å². The van der Waals surface area contributed by atoms with Gasteiger partial charge in [-0.25, -0.2) is 13.2 Å². The van der Waals surface area contributed by atoms with Gasteiger partial charge in [-0.2, -0.15) is 0 Å². The maximum absolute atomic E-state index is 13.0. The Morgan fingerprint density at radius 2 is 1.64 bits per heavy atom. The summed E-state index contributed by atoms with van der Waals surface area (Å²) < 4.78 is 27.2. The van der Waals surface area contributed by atoms with Crippen LogP contribution >= 0.6 is 0 Å². The number of sulfonamides is 1. The van der Waals surface area contributed by atoms with E-state index in [1.165, 1.54) is 29.6 Å². The predicted octanol–water partition coefficient (Wildman–Crippen LogP) is 3.67. The Hall–Kier alpha value is -2.86. The normalized spacial score (nSPS) is 11.4. The van der Waals surface area contributed by atoms with Gasteiger partial charge in [-0.1, -0.05) is 36.4 Å². The second-order valence-electron chi connectivity index (χ2n) is 5.79. The fourth-order valence-corrected chi connectivity index (χ4v) is 4.11. The minimum atomic E-state index is -3.88. The lowest BCUT2D eigenvalue weighted by Crippen LogP contribution is -2.27. The highest BCUT2D eigenvalue weighted by molar-refractivity contribution is 7.92. The maximum Gasteiger partial charge on any atom is 0.335 e.